The van der Waals surface area contributed by atoms with Crippen LogP contribution in [0.25, 0.3) is 0 Å². The second-order valence-corrected chi connectivity index (χ2v) is 5.14. The van der Waals surface area contributed by atoms with Crippen molar-refractivity contribution >= 4 is 0 Å². The van der Waals surface area contributed by atoms with E-state index in [9.17, 15) is 0 Å². The molecule has 0 bridgehead atoms. The van der Waals surface area contributed by atoms with Crippen molar-refractivity contribution in [3.05, 3.63) is 0 Å². The van der Waals surface area contributed by atoms with Crippen molar-refractivity contribution in [3.63, 3.8) is 0 Å². The molecule has 1 saturated carbocycles. The van der Waals surface area contributed by atoms with Crippen molar-refractivity contribution in [3.8, 4) is 0 Å². The van der Waals surface area contributed by atoms with Crippen LogP contribution in [-0.2, 0) is 4.74 Å². The summed E-state index contributed by atoms with van der Waals surface area (Å²) in [5, 5.41) is 3.57. The minimum Gasteiger partial charge on any atom is -0.379 e. The van der Waals surface area contributed by atoms with Crippen LogP contribution in [0, 0.1) is 5.92 Å². The number of ether oxygens (including phenoxy) is 1. The number of hydrogen-bond donors (Lipinski definition) is 1. The van der Waals surface area contributed by atoms with Gasteiger partial charge in [0, 0.05) is 13.1 Å². The van der Waals surface area contributed by atoms with E-state index in [2.05, 4.69) is 10.2 Å². The second kappa shape index (κ2) is 7.25. The van der Waals surface area contributed by atoms with Crippen molar-refractivity contribution in [1.82, 2.24) is 10.2 Å². The smallest absolute Gasteiger partial charge is 0.0594 e. The van der Waals surface area contributed by atoms with Crippen LogP contribution < -0.4 is 5.32 Å². The lowest BCUT2D eigenvalue weighted by Gasteiger charge is -2.27. The number of rotatable bonds is 7. The zero-order chi connectivity index (χ0) is 11.1. The number of nitrogens with one attached hydrogen (secondary N) is 1. The largest absolute Gasteiger partial charge is 0.379 e. The van der Waals surface area contributed by atoms with E-state index in [1.807, 2.05) is 0 Å². The van der Waals surface area contributed by atoms with Crippen LogP contribution in [0.15, 0.2) is 0 Å². The zero-order valence-electron chi connectivity index (χ0n) is 10.4. The van der Waals surface area contributed by atoms with E-state index in [4.69, 9.17) is 4.74 Å². The Kier molecular flexibility index (Phi) is 5.59. The first kappa shape index (κ1) is 12.3. The van der Waals surface area contributed by atoms with Crippen LogP contribution in [0.4, 0.5) is 0 Å². The maximum absolute atomic E-state index is 5.33. The highest BCUT2D eigenvalue weighted by molar-refractivity contribution is 4.70. The van der Waals surface area contributed by atoms with E-state index in [0.717, 1.165) is 32.2 Å². The Morgan fingerprint density at radius 3 is 2.62 bits per heavy atom. The van der Waals surface area contributed by atoms with Gasteiger partial charge in [0.2, 0.25) is 0 Å². The van der Waals surface area contributed by atoms with E-state index in [0.29, 0.717) is 0 Å². The predicted octanol–water partition coefficient (Wildman–Crippen LogP) is 1.49. The van der Waals surface area contributed by atoms with E-state index in [-0.39, 0.29) is 0 Å². The molecule has 3 nitrogen and oxygen atoms in total. The van der Waals surface area contributed by atoms with Gasteiger partial charge in [0.25, 0.3) is 0 Å². The van der Waals surface area contributed by atoms with Crippen molar-refractivity contribution in [2.45, 2.75) is 32.1 Å². The number of nitrogens with zero attached hydrogens (tertiary/aromatic N) is 1. The summed E-state index contributed by atoms with van der Waals surface area (Å²) < 4.78 is 5.33. The molecule has 1 saturated heterocycles. The first-order valence-electron chi connectivity index (χ1n) is 6.96. The number of morpholine rings is 1. The van der Waals surface area contributed by atoms with Crippen LogP contribution in [0.1, 0.15) is 32.1 Å². The lowest BCUT2D eigenvalue weighted by atomic mass is 9.83. The molecular formula is C13H26N2O. The molecule has 1 heterocycles. The van der Waals surface area contributed by atoms with E-state index in [1.165, 1.54) is 51.7 Å². The summed E-state index contributed by atoms with van der Waals surface area (Å²) in [6.07, 6.45) is 7.12. The van der Waals surface area contributed by atoms with Gasteiger partial charge in [-0.2, -0.15) is 0 Å². The van der Waals surface area contributed by atoms with Gasteiger partial charge >= 0.3 is 0 Å². The highest BCUT2D eigenvalue weighted by atomic mass is 16.5. The molecular weight excluding hydrogens is 200 g/mol. The summed E-state index contributed by atoms with van der Waals surface area (Å²) in [5.74, 6) is 1.05. The van der Waals surface area contributed by atoms with E-state index in [1.54, 1.807) is 0 Å². The molecule has 2 fully saturated rings. The van der Waals surface area contributed by atoms with Gasteiger partial charge in [-0.1, -0.05) is 19.3 Å². The second-order valence-electron chi connectivity index (χ2n) is 5.14. The summed E-state index contributed by atoms with van der Waals surface area (Å²) in [6, 6.07) is 0. The summed E-state index contributed by atoms with van der Waals surface area (Å²) in [5.41, 5.74) is 0. The van der Waals surface area contributed by atoms with Gasteiger partial charge < -0.3 is 10.1 Å². The molecule has 1 aliphatic heterocycles. The van der Waals surface area contributed by atoms with Gasteiger partial charge in [-0.05, 0) is 38.4 Å². The van der Waals surface area contributed by atoms with Crippen LogP contribution in [0.5, 0.6) is 0 Å². The maximum atomic E-state index is 5.33. The Morgan fingerprint density at radius 2 is 1.94 bits per heavy atom. The molecule has 0 aromatic rings. The fraction of sp³-hybridized carbons (Fsp3) is 1.00. The van der Waals surface area contributed by atoms with Crippen LogP contribution >= 0.6 is 0 Å². The van der Waals surface area contributed by atoms with Crippen molar-refractivity contribution in [2.24, 2.45) is 5.92 Å². The molecule has 0 unspecified atom stereocenters. The SMILES string of the molecule is C1CC(CCNCCCN2CCOCC2)C1. The molecule has 0 atom stereocenters. The van der Waals surface area contributed by atoms with Crippen molar-refractivity contribution < 1.29 is 4.74 Å². The standard InChI is InChI=1S/C13H26N2O/c1-3-13(4-1)5-7-14-6-2-8-15-9-11-16-12-10-15/h13-14H,1-12H2. The molecule has 2 rings (SSSR count). The van der Waals surface area contributed by atoms with E-state index >= 15 is 0 Å². The molecule has 0 aromatic carbocycles. The molecule has 2 aliphatic rings. The Morgan fingerprint density at radius 1 is 1.12 bits per heavy atom. The van der Waals surface area contributed by atoms with Crippen LogP contribution in [0.2, 0.25) is 0 Å². The zero-order valence-corrected chi connectivity index (χ0v) is 10.4. The third kappa shape index (κ3) is 4.40. The highest BCUT2D eigenvalue weighted by Crippen LogP contribution is 2.28. The molecule has 0 spiro atoms. The van der Waals surface area contributed by atoms with Gasteiger partial charge in [0.1, 0.15) is 0 Å². The van der Waals surface area contributed by atoms with Crippen molar-refractivity contribution in [2.75, 3.05) is 45.9 Å². The van der Waals surface area contributed by atoms with Crippen LogP contribution in [0.3, 0.4) is 0 Å². The molecule has 94 valence electrons. The molecule has 16 heavy (non-hydrogen) atoms. The monoisotopic (exact) mass is 226 g/mol. The third-order valence-electron chi connectivity index (χ3n) is 3.89. The molecule has 0 radical (unpaired) electrons. The fourth-order valence-electron chi connectivity index (χ4n) is 2.47. The van der Waals surface area contributed by atoms with E-state index < -0.39 is 0 Å². The molecule has 0 amide bonds. The van der Waals surface area contributed by atoms with Gasteiger partial charge in [-0.15, -0.1) is 0 Å². The topological polar surface area (TPSA) is 24.5 Å². The lowest BCUT2D eigenvalue weighted by Crippen LogP contribution is -2.37. The van der Waals surface area contributed by atoms with Gasteiger partial charge in [0.15, 0.2) is 0 Å². The molecule has 1 N–H and O–H groups in total. The summed E-state index contributed by atoms with van der Waals surface area (Å²) in [4.78, 5) is 2.51. The van der Waals surface area contributed by atoms with Crippen molar-refractivity contribution in [1.29, 1.82) is 0 Å². The average molecular weight is 226 g/mol. The molecule has 3 heteroatoms. The quantitative estimate of drug-likeness (QED) is 0.666. The third-order valence-corrected chi connectivity index (χ3v) is 3.89. The Bertz CT molecular complexity index is 177. The Hall–Kier alpha value is -0.120. The molecule has 0 aromatic heterocycles. The summed E-state index contributed by atoms with van der Waals surface area (Å²) in [6.45, 7) is 7.76. The Balaban J connectivity index is 1.36. The average Bonchev–Trinajstić information content (AvgIpc) is 2.27. The summed E-state index contributed by atoms with van der Waals surface area (Å²) in [7, 11) is 0. The first-order valence-corrected chi connectivity index (χ1v) is 6.96. The maximum Gasteiger partial charge on any atom is 0.0594 e. The highest BCUT2D eigenvalue weighted by Gasteiger charge is 2.16. The summed E-state index contributed by atoms with van der Waals surface area (Å²) >= 11 is 0. The van der Waals surface area contributed by atoms with Crippen LogP contribution in [-0.4, -0.2) is 50.8 Å². The first-order chi connectivity index (χ1) is 7.95. The minimum atomic E-state index is 0.926. The van der Waals surface area contributed by atoms with Gasteiger partial charge in [-0.25, -0.2) is 0 Å². The predicted molar refractivity (Wildman–Crippen MR) is 66.7 cm³/mol. The van der Waals surface area contributed by atoms with Gasteiger partial charge in [-0.3, -0.25) is 4.90 Å². The van der Waals surface area contributed by atoms with Gasteiger partial charge in [0.05, 0.1) is 13.2 Å². The fourth-order valence-corrected chi connectivity index (χ4v) is 2.47. The lowest BCUT2D eigenvalue weighted by molar-refractivity contribution is 0.0374. The molecule has 1 aliphatic carbocycles. The minimum absolute atomic E-state index is 0.926. The number of hydrogen-bond acceptors (Lipinski definition) is 3. The normalized spacial score (nSPS) is 23.2. The Labute approximate surface area is 99.5 Å².